The van der Waals surface area contributed by atoms with E-state index in [1.165, 1.54) is 18.2 Å². The van der Waals surface area contributed by atoms with Gasteiger partial charge in [0.1, 0.15) is 12.0 Å². The van der Waals surface area contributed by atoms with E-state index in [1.807, 2.05) is 24.3 Å². The number of carbonyl (C=O) groups is 3. The number of carboxylic acids is 1. The summed E-state index contributed by atoms with van der Waals surface area (Å²) in [4.78, 5) is 38.5. The van der Waals surface area contributed by atoms with E-state index in [0.29, 0.717) is 25.9 Å². The van der Waals surface area contributed by atoms with Gasteiger partial charge in [-0.2, -0.15) is 0 Å². The molecule has 1 aliphatic carbocycles. The Balaban J connectivity index is 1.24. The minimum atomic E-state index is -1.05. The fourth-order valence-corrected chi connectivity index (χ4v) is 5.17. The zero-order chi connectivity index (χ0) is 25.0. The van der Waals surface area contributed by atoms with Crippen molar-refractivity contribution in [2.75, 3.05) is 40.0 Å². The minimum absolute atomic E-state index is 0.00887. The second-order valence-corrected chi connectivity index (χ2v) is 9.47. The fourth-order valence-electron chi connectivity index (χ4n) is 5.17. The SMILES string of the molecule is COCC1(C(=O)O)CCN(C(=O)C(C)CCNC(=O)OCC2c3ccccc3-c3ccccc32)C1. The highest BCUT2D eigenvalue weighted by Crippen LogP contribution is 2.44. The Bertz CT molecular complexity index is 1060. The first-order chi connectivity index (χ1) is 16.9. The van der Waals surface area contributed by atoms with E-state index in [4.69, 9.17) is 9.47 Å². The fraction of sp³-hybridized carbons (Fsp3) is 0.444. The van der Waals surface area contributed by atoms with E-state index in [1.54, 1.807) is 11.8 Å². The first-order valence-corrected chi connectivity index (χ1v) is 12.0. The van der Waals surface area contributed by atoms with Crippen molar-refractivity contribution in [1.29, 1.82) is 0 Å². The number of carbonyl (C=O) groups excluding carboxylic acids is 2. The van der Waals surface area contributed by atoms with Crippen molar-refractivity contribution in [2.45, 2.75) is 25.7 Å². The molecule has 1 aliphatic heterocycles. The summed E-state index contributed by atoms with van der Waals surface area (Å²) in [6.45, 7) is 2.92. The van der Waals surface area contributed by atoms with Crippen LogP contribution in [-0.4, -0.2) is 67.9 Å². The maximum Gasteiger partial charge on any atom is 0.407 e. The summed E-state index contributed by atoms with van der Waals surface area (Å²) in [6.07, 6.45) is 0.286. The molecule has 1 heterocycles. The van der Waals surface area contributed by atoms with E-state index in [9.17, 15) is 19.5 Å². The molecule has 0 saturated carbocycles. The molecule has 2 atom stereocenters. The number of aliphatic carboxylic acids is 1. The topological polar surface area (TPSA) is 105 Å². The molecule has 8 nitrogen and oxygen atoms in total. The lowest BCUT2D eigenvalue weighted by atomic mass is 9.88. The Morgan fingerprint density at radius 2 is 1.74 bits per heavy atom. The van der Waals surface area contributed by atoms with Gasteiger partial charge in [-0.15, -0.1) is 0 Å². The van der Waals surface area contributed by atoms with Crippen LogP contribution in [0, 0.1) is 11.3 Å². The first-order valence-electron chi connectivity index (χ1n) is 12.0. The number of benzene rings is 2. The highest BCUT2D eigenvalue weighted by molar-refractivity contribution is 5.82. The van der Waals surface area contributed by atoms with Crippen LogP contribution in [0.25, 0.3) is 11.1 Å². The molecular weight excluding hydrogens is 448 g/mol. The van der Waals surface area contributed by atoms with Gasteiger partial charge in [0.2, 0.25) is 5.91 Å². The average Bonchev–Trinajstić information content (AvgIpc) is 3.43. The minimum Gasteiger partial charge on any atom is -0.481 e. The van der Waals surface area contributed by atoms with E-state index in [-0.39, 0.29) is 37.5 Å². The largest absolute Gasteiger partial charge is 0.481 e. The van der Waals surface area contributed by atoms with Crippen molar-refractivity contribution in [3.8, 4) is 11.1 Å². The summed E-state index contributed by atoms with van der Waals surface area (Å²) in [5.74, 6) is -1.42. The number of carboxylic acid groups (broad SMARTS) is 1. The Morgan fingerprint density at radius 3 is 2.34 bits per heavy atom. The van der Waals surface area contributed by atoms with Gasteiger partial charge in [0, 0.05) is 38.6 Å². The second-order valence-electron chi connectivity index (χ2n) is 9.47. The van der Waals surface area contributed by atoms with Gasteiger partial charge >= 0.3 is 12.1 Å². The Kier molecular flexibility index (Phi) is 7.40. The zero-order valence-corrected chi connectivity index (χ0v) is 20.2. The highest BCUT2D eigenvalue weighted by Gasteiger charge is 2.46. The smallest absolute Gasteiger partial charge is 0.407 e. The van der Waals surface area contributed by atoms with Crippen molar-refractivity contribution >= 4 is 18.0 Å². The summed E-state index contributed by atoms with van der Waals surface area (Å²) in [6, 6.07) is 16.3. The number of hydrogen-bond donors (Lipinski definition) is 2. The molecule has 186 valence electrons. The summed E-state index contributed by atoms with van der Waals surface area (Å²) >= 11 is 0. The molecule has 1 saturated heterocycles. The molecule has 2 aliphatic rings. The third kappa shape index (κ3) is 5.03. The summed E-state index contributed by atoms with van der Waals surface area (Å²) < 4.78 is 10.6. The third-order valence-electron chi connectivity index (χ3n) is 7.15. The van der Waals surface area contributed by atoms with Gasteiger partial charge in [-0.1, -0.05) is 55.5 Å². The summed E-state index contributed by atoms with van der Waals surface area (Å²) in [5, 5.41) is 12.3. The van der Waals surface area contributed by atoms with Crippen molar-refractivity contribution in [1.82, 2.24) is 10.2 Å². The van der Waals surface area contributed by atoms with Crippen LogP contribution < -0.4 is 5.32 Å². The van der Waals surface area contributed by atoms with Gasteiger partial charge in [-0.25, -0.2) is 4.79 Å². The lowest BCUT2D eigenvalue weighted by Gasteiger charge is -2.25. The monoisotopic (exact) mass is 480 g/mol. The first kappa shape index (κ1) is 24.7. The van der Waals surface area contributed by atoms with Crippen molar-refractivity contribution in [3.05, 3.63) is 59.7 Å². The van der Waals surface area contributed by atoms with Gasteiger partial charge in [-0.05, 0) is 35.1 Å². The second kappa shape index (κ2) is 10.5. The number of alkyl carbamates (subject to hydrolysis) is 1. The van der Waals surface area contributed by atoms with Crippen LogP contribution in [0.15, 0.2) is 48.5 Å². The lowest BCUT2D eigenvalue weighted by Crippen LogP contribution is -2.41. The van der Waals surface area contributed by atoms with Gasteiger partial charge in [-0.3, -0.25) is 9.59 Å². The average molecular weight is 481 g/mol. The van der Waals surface area contributed by atoms with Crippen LogP contribution in [0.5, 0.6) is 0 Å². The Labute approximate surface area is 205 Å². The lowest BCUT2D eigenvalue weighted by molar-refractivity contribution is -0.151. The van der Waals surface area contributed by atoms with Crippen molar-refractivity contribution in [2.24, 2.45) is 11.3 Å². The molecular formula is C27H32N2O6. The van der Waals surface area contributed by atoms with Crippen LogP contribution in [-0.2, 0) is 19.1 Å². The standard InChI is InChI=1S/C27H32N2O6/c1-18(24(30)29-14-12-27(16-29,17-34-2)25(31)32)11-13-28-26(33)35-15-23-21-9-5-3-7-19(21)20-8-4-6-10-22(20)23/h3-10,18,23H,11-17H2,1-2H3,(H,28,33)(H,31,32). The highest BCUT2D eigenvalue weighted by atomic mass is 16.5. The molecule has 8 heteroatoms. The maximum absolute atomic E-state index is 12.8. The molecule has 4 rings (SSSR count). The number of methoxy groups -OCH3 is 1. The molecule has 2 unspecified atom stereocenters. The molecule has 1 fully saturated rings. The quantitative estimate of drug-likeness (QED) is 0.569. The number of nitrogens with zero attached hydrogens (tertiary/aromatic N) is 1. The number of ether oxygens (including phenoxy) is 2. The van der Waals surface area contributed by atoms with E-state index >= 15 is 0 Å². The predicted molar refractivity (Wildman–Crippen MR) is 130 cm³/mol. The van der Waals surface area contributed by atoms with Gasteiger partial charge in [0.25, 0.3) is 0 Å². The molecule has 0 spiro atoms. The molecule has 0 radical (unpaired) electrons. The van der Waals surface area contributed by atoms with Gasteiger partial charge in [0.05, 0.1) is 6.61 Å². The van der Waals surface area contributed by atoms with Crippen LogP contribution >= 0.6 is 0 Å². The van der Waals surface area contributed by atoms with Crippen LogP contribution in [0.2, 0.25) is 0 Å². The van der Waals surface area contributed by atoms with E-state index < -0.39 is 17.5 Å². The molecule has 2 amide bonds. The predicted octanol–water partition coefficient (Wildman–Crippen LogP) is 3.50. The molecule has 0 bridgehead atoms. The number of hydrogen-bond acceptors (Lipinski definition) is 5. The van der Waals surface area contributed by atoms with E-state index in [0.717, 1.165) is 11.1 Å². The number of amides is 2. The van der Waals surface area contributed by atoms with Crippen LogP contribution in [0.4, 0.5) is 4.79 Å². The maximum atomic E-state index is 12.8. The molecule has 2 aromatic rings. The third-order valence-corrected chi connectivity index (χ3v) is 7.15. The van der Waals surface area contributed by atoms with Gasteiger partial charge in [0.15, 0.2) is 0 Å². The van der Waals surface area contributed by atoms with Crippen molar-refractivity contribution < 1.29 is 29.0 Å². The Morgan fingerprint density at radius 1 is 1.11 bits per heavy atom. The van der Waals surface area contributed by atoms with Crippen molar-refractivity contribution in [3.63, 3.8) is 0 Å². The summed E-state index contributed by atoms with van der Waals surface area (Å²) in [5.41, 5.74) is 3.59. The zero-order valence-electron chi connectivity index (χ0n) is 20.2. The van der Waals surface area contributed by atoms with Crippen LogP contribution in [0.3, 0.4) is 0 Å². The molecule has 0 aromatic heterocycles. The molecule has 2 N–H and O–H groups in total. The normalized spacial score (nSPS) is 19.7. The number of rotatable bonds is 9. The van der Waals surface area contributed by atoms with Crippen LogP contribution in [0.1, 0.15) is 36.8 Å². The number of fused-ring (bicyclic) bond motifs is 3. The number of nitrogens with one attached hydrogen (secondary N) is 1. The van der Waals surface area contributed by atoms with Gasteiger partial charge < -0.3 is 24.8 Å². The summed E-state index contributed by atoms with van der Waals surface area (Å²) in [7, 11) is 1.47. The molecule has 35 heavy (non-hydrogen) atoms. The Hall–Kier alpha value is -3.39. The number of likely N-dealkylation sites (tertiary alicyclic amines) is 1. The molecule has 2 aromatic carbocycles. The van der Waals surface area contributed by atoms with E-state index in [2.05, 4.69) is 29.6 Å².